The van der Waals surface area contributed by atoms with Gasteiger partial charge in [0, 0.05) is 0 Å². The Morgan fingerprint density at radius 1 is 0.471 bits per heavy atom. The van der Waals surface area contributed by atoms with Gasteiger partial charge in [0.2, 0.25) is 0 Å². The second-order valence-corrected chi connectivity index (χ2v) is 38.1. The molecular weight excluding hydrogens is 418 g/mol. The molecule has 0 saturated heterocycles. The van der Waals surface area contributed by atoms with Crippen LogP contribution in [0.15, 0.2) is 0 Å². The minimum absolute atomic E-state index is 1.59. The second-order valence-electron chi connectivity index (χ2n) is 5.97. The van der Waals surface area contributed by atoms with Crippen LogP contribution in [0.3, 0.4) is 0 Å². The summed E-state index contributed by atoms with van der Waals surface area (Å²) in [6.45, 7) is 14.9. The Kier molecular flexibility index (Phi) is 10.4. The van der Waals surface area contributed by atoms with Crippen molar-refractivity contribution in [3.63, 3.8) is 0 Å². The molecule has 0 heterocycles. The van der Waals surface area contributed by atoms with Crippen LogP contribution in [-0.4, -0.2) is 36.8 Å². The van der Waals surface area contributed by atoms with E-state index in [9.17, 15) is 0 Å². The molecule has 104 valence electrons. The summed E-state index contributed by atoms with van der Waals surface area (Å²) in [6, 6.07) is 0. The summed E-state index contributed by atoms with van der Waals surface area (Å²) in [5.41, 5.74) is 0. The van der Waals surface area contributed by atoms with Crippen molar-refractivity contribution in [2.45, 2.75) is 83.5 Å². The van der Waals surface area contributed by atoms with Crippen LogP contribution in [0.4, 0.5) is 0 Å². The van der Waals surface area contributed by atoms with Crippen LogP contribution >= 0.6 is 0 Å². The fourth-order valence-corrected chi connectivity index (χ4v) is 26.2. The molecule has 0 nitrogen and oxygen atoms in total. The molecule has 0 aliphatic rings. The third kappa shape index (κ3) is 5.62. The predicted molar refractivity (Wildman–Crippen MR) is 88.6 cm³/mol. The monoisotopic (exact) mass is 456 g/mol. The molecule has 17 heavy (non-hydrogen) atoms. The van der Waals surface area contributed by atoms with Crippen LogP contribution in [0.5, 0.6) is 0 Å². The standard InChI is InChI=1S/C3H6.6C2H5.2Sn/c1-3-2;6*1-2;;/h1-3H2;6*1H2,2H3;;. The topological polar surface area (TPSA) is 0 Å². The predicted octanol–water partition coefficient (Wildman–Crippen LogP) is 6.39. The van der Waals surface area contributed by atoms with Gasteiger partial charge in [-0.25, -0.2) is 0 Å². The van der Waals surface area contributed by atoms with Gasteiger partial charge in [-0.15, -0.1) is 0 Å². The number of rotatable bonds is 10. The first-order valence-corrected chi connectivity index (χ1v) is 24.2. The number of hydrogen-bond acceptors (Lipinski definition) is 0. The Bertz CT molecular complexity index is 145. The molecule has 0 aliphatic carbocycles. The molecule has 0 spiro atoms. The van der Waals surface area contributed by atoms with E-state index in [-0.39, 0.29) is 0 Å². The third-order valence-electron chi connectivity index (χ3n) is 5.91. The van der Waals surface area contributed by atoms with Gasteiger partial charge in [0.05, 0.1) is 0 Å². The summed E-state index contributed by atoms with van der Waals surface area (Å²) in [5, 5.41) is 0. The summed E-state index contributed by atoms with van der Waals surface area (Å²) < 4.78 is 13.0. The summed E-state index contributed by atoms with van der Waals surface area (Å²) in [4.78, 5) is 0. The molecule has 0 aromatic carbocycles. The van der Waals surface area contributed by atoms with E-state index in [1.807, 2.05) is 0 Å². The van der Waals surface area contributed by atoms with Crippen molar-refractivity contribution in [2.75, 3.05) is 0 Å². The Hall–Kier alpha value is 1.60. The van der Waals surface area contributed by atoms with Crippen molar-refractivity contribution in [2.24, 2.45) is 0 Å². The molecule has 0 aromatic rings. The van der Waals surface area contributed by atoms with Gasteiger partial charge in [-0.05, 0) is 0 Å². The van der Waals surface area contributed by atoms with E-state index < -0.39 is 36.8 Å². The van der Waals surface area contributed by atoms with Gasteiger partial charge >= 0.3 is 120 Å². The maximum absolute atomic E-state index is 2.49. The molecule has 0 rings (SSSR count). The molecule has 2 heteroatoms. The zero-order chi connectivity index (χ0) is 13.4. The molecule has 0 bridgehead atoms. The SMILES string of the molecule is C[CH2][Sn]([CH2]C)([CH2]C)[CH2]C[CH2][Sn]([CH2]C)([CH2]C)[CH2]C. The zero-order valence-electron chi connectivity index (χ0n) is 13.4. The minimum atomic E-state index is -1.59. The molecule has 0 radical (unpaired) electrons. The third-order valence-corrected chi connectivity index (χ3v) is 39.7. The Morgan fingerprint density at radius 2 is 0.706 bits per heavy atom. The van der Waals surface area contributed by atoms with Gasteiger partial charge in [-0.3, -0.25) is 0 Å². The van der Waals surface area contributed by atoms with E-state index in [1.54, 1.807) is 41.9 Å². The van der Waals surface area contributed by atoms with Gasteiger partial charge in [0.25, 0.3) is 0 Å². The first kappa shape index (κ1) is 18.6. The van der Waals surface area contributed by atoms with Crippen LogP contribution in [0.1, 0.15) is 48.0 Å². The average Bonchev–Trinajstić information content (AvgIpc) is 2.41. The molecule has 0 saturated carbocycles. The van der Waals surface area contributed by atoms with E-state index in [4.69, 9.17) is 0 Å². The van der Waals surface area contributed by atoms with E-state index in [1.165, 1.54) is 0 Å². The van der Waals surface area contributed by atoms with Gasteiger partial charge < -0.3 is 0 Å². The quantitative estimate of drug-likeness (QED) is 0.336. The van der Waals surface area contributed by atoms with Crippen molar-refractivity contribution >= 4 is 36.8 Å². The Balaban J connectivity index is 4.28. The van der Waals surface area contributed by atoms with Gasteiger partial charge in [-0.1, -0.05) is 0 Å². The molecular formula is C15H36Sn2. The van der Waals surface area contributed by atoms with Crippen LogP contribution in [-0.2, 0) is 0 Å². The van der Waals surface area contributed by atoms with Gasteiger partial charge in [0.1, 0.15) is 0 Å². The fourth-order valence-electron chi connectivity index (χ4n) is 3.40. The van der Waals surface area contributed by atoms with Crippen molar-refractivity contribution < 1.29 is 0 Å². The fraction of sp³-hybridized carbons (Fsp3) is 1.00. The van der Waals surface area contributed by atoms with E-state index in [0.717, 1.165) is 0 Å². The van der Waals surface area contributed by atoms with E-state index in [2.05, 4.69) is 41.5 Å². The van der Waals surface area contributed by atoms with Crippen molar-refractivity contribution in [3.05, 3.63) is 0 Å². The summed E-state index contributed by atoms with van der Waals surface area (Å²) >= 11 is -3.17. The molecule has 0 aliphatic heterocycles. The molecule has 0 amide bonds. The molecule has 0 unspecified atom stereocenters. The first-order valence-electron chi connectivity index (χ1n) is 8.07. The van der Waals surface area contributed by atoms with Crippen LogP contribution in [0, 0.1) is 0 Å². The Labute approximate surface area is 119 Å². The maximum atomic E-state index is 2.49. The van der Waals surface area contributed by atoms with Crippen LogP contribution < -0.4 is 0 Å². The zero-order valence-corrected chi connectivity index (χ0v) is 19.1. The van der Waals surface area contributed by atoms with Gasteiger partial charge in [-0.2, -0.15) is 0 Å². The van der Waals surface area contributed by atoms with Gasteiger partial charge in [0.15, 0.2) is 0 Å². The van der Waals surface area contributed by atoms with Crippen molar-refractivity contribution in [3.8, 4) is 0 Å². The normalized spacial score (nSPS) is 13.1. The van der Waals surface area contributed by atoms with E-state index >= 15 is 0 Å². The Morgan fingerprint density at radius 3 is 0.882 bits per heavy atom. The molecule has 0 fully saturated rings. The molecule has 0 aromatic heterocycles. The van der Waals surface area contributed by atoms with Crippen molar-refractivity contribution in [1.82, 2.24) is 0 Å². The summed E-state index contributed by atoms with van der Waals surface area (Å²) in [6.07, 6.45) is 1.62. The summed E-state index contributed by atoms with van der Waals surface area (Å²) in [5.74, 6) is 0. The van der Waals surface area contributed by atoms with E-state index in [0.29, 0.717) is 0 Å². The molecule has 0 N–H and O–H groups in total. The number of hydrogen-bond donors (Lipinski definition) is 0. The first-order chi connectivity index (χ1) is 8.07. The molecule has 0 atom stereocenters. The second kappa shape index (κ2) is 9.49. The van der Waals surface area contributed by atoms with Crippen LogP contribution in [0.2, 0.25) is 35.5 Å². The van der Waals surface area contributed by atoms with Crippen molar-refractivity contribution in [1.29, 1.82) is 0 Å². The summed E-state index contributed by atoms with van der Waals surface area (Å²) in [7, 11) is 0. The average molecular weight is 454 g/mol. The van der Waals surface area contributed by atoms with Crippen LogP contribution in [0.25, 0.3) is 0 Å².